The third-order valence-corrected chi connectivity index (χ3v) is 3.75. The molecule has 0 aliphatic rings. The highest BCUT2D eigenvalue weighted by Crippen LogP contribution is 2.33. The summed E-state index contributed by atoms with van der Waals surface area (Å²) >= 11 is 0. The second-order valence-corrected chi connectivity index (χ2v) is 6.33. The number of rotatable bonds is 3. The Bertz CT molecular complexity index is 664. The van der Waals surface area contributed by atoms with Crippen molar-refractivity contribution in [2.24, 2.45) is 0 Å². The maximum absolute atomic E-state index is 10.8. The van der Waals surface area contributed by atoms with Crippen molar-refractivity contribution < 1.29 is 14.6 Å². The quantitative estimate of drug-likeness (QED) is 0.620. The molecular formula is C19H22O3. The Labute approximate surface area is 131 Å². The summed E-state index contributed by atoms with van der Waals surface area (Å²) in [5, 5.41) is 8.85. The summed E-state index contributed by atoms with van der Waals surface area (Å²) in [5.74, 6) is 0.410. The fourth-order valence-electron chi connectivity index (χ4n) is 2.54. The minimum Gasteiger partial charge on any atom is -0.449 e. The number of carbonyl (C=O) groups is 1. The fourth-order valence-corrected chi connectivity index (χ4v) is 2.54. The molecule has 0 heterocycles. The van der Waals surface area contributed by atoms with Crippen LogP contribution in [0.5, 0.6) is 5.75 Å². The van der Waals surface area contributed by atoms with Crippen molar-refractivity contribution in [2.45, 2.75) is 39.5 Å². The molecule has 3 nitrogen and oxygen atoms in total. The SMILES string of the molecule is CCc1c(OC(=O)O)cccc1-c1ccc(C(C)(C)C)cc1. The molecule has 0 radical (unpaired) electrons. The van der Waals surface area contributed by atoms with E-state index in [1.807, 2.05) is 19.1 Å². The van der Waals surface area contributed by atoms with Gasteiger partial charge in [0.25, 0.3) is 0 Å². The van der Waals surface area contributed by atoms with Gasteiger partial charge in [-0.1, -0.05) is 64.1 Å². The molecular weight excluding hydrogens is 276 g/mol. The Hall–Kier alpha value is -2.29. The van der Waals surface area contributed by atoms with Gasteiger partial charge >= 0.3 is 6.16 Å². The van der Waals surface area contributed by atoms with Crippen LogP contribution in [0.3, 0.4) is 0 Å². The van der Waals surface area contributed by atoms with Gasteiger partial charge in [0.1, 0.15) is 5.75 Å². The van der Waals surface area contributed by atoms with Crippen LogP contribution >= 0.6 is 0 Å². The minimum atomic E-state index is -1.28. The Morgan fingerprint density at radius 3 is 2.23 bits per heavy atom. The van der Waals surface area contributed by atoms with Crippen molar-refractivity contribution in [1.29, 1.82) is 0 Å². The molecule has 0 aliphatic heterocycles. The van der Waals surface area contributed by atoms with Gasteiger partial charge in [-0.3, -0.25) is 0 Å². The Kier molecular flexibility index (Phi) is 4.55. The fraction of sp³-hybridized carbons (Fsp3) is 0.316. The minimum absolute atomic E-state index is 0.111. The zero-order valence-electron chi connectivity index (χ0n) is 13.5. The molecule has 0 bridgehead atoms. The molecule has 22 heavy (non-hydrogen) atoms. The lowest BCUT2D eigenvalue weighted by molar-refractivity contribution is 0.144. The zero-order chi connectivity index (χ0) is 16.3. The summed E-state index contributed by atoms with van der Waals surface area (Å²) in [6.45, 7) is 8.54. The highest BCUT2D eigenvalue weighted by molar-refractivity contribution is 5.72. The highest BCUT2D eigenvalue weighted by Gasteiger charge is 2.15. The van der Waals surface area contributed by atoms with Crippen LogP contribution in [-0.2, 0) is 11.8 Å². The zero-order valence-corrected chi connectivity index (χ0v) is 13.5. The summed E-state index contributed by atoms with van der Waals surface area (Å²) in [7, 11) is 0. The molecule has 2 aromatic rings. The van der Waals surface area contributed by atoms with Crippen LogP contribution in [0.25, 0.3) is 11.1 Å². The van der Waals surface area contributed by atoms with Gasteiger partial charge in [0.2, 0.25) is 0 Å². The van der Waals surface area contributed by atoms with Gasteiger partial charge in [0.05, 0.1) is 0 Å². The molecule has 116 valence electrons. The van der Waals surface area contributed by atoms with E-state index in [4.69, 9.17) is 9.84 Å². The van der Waals surface area contributed by atoms with Crippen molar-refractivity contribution in [3.63, 3.8) is 0 Å². The van der Waals surface area contributed by atoms with Crippen molar-refractivity contribution in [3.05, 3.63) is 53.6 Å². The lowest BCUT2D eigenvalue weighted by Gasteiger charge is -2.19. The average Bonchev–Trinajstić information content (AvgIpc) is 2.45. The summed E-state index contributed by atoms with van der Waals surface area (Å²) < 4.78 is 4.89. The lowest BCUT2D eigenvalue weighted by Crippen LogP contribution is -2.10. The van der Waals surface area contributed by atoms with Crippen molar-refractivity contribution >= 4 is 6.16 Å². The molecule has 0 saturated heterocycles. The standard InChI is InChI=1S/C19H22O3/c1-5-15-16(7-6-8-17(15)22-18(20)21)13-9-11-14(12-10-13)19(2,3)4/h6-12H,5H2,1-4H3,(H,20,21). The molecule has 1 N–H and O–H groups in total. The van der Waals surface area contributed by atoms with Crippen LogP contribution < -0.4 is 4.74 Å². The highest BCUT2D eigenvalue weighted by atomic mass is 16.7. The third-order valence-electron chi connectivity index (χ3n) is 3.75. The predicted molar refractivity (Wildman–Crippen MR) is 88.6 cm³/mol. The summed E-state index contributed by atoms with van der Waals surface area (Å²) in [4.78, 5) is 10.8. The van der Waals surface area contributed by atoms with E-state index in [1.54, 1.807) is 6.07 Å². The Morgan fingerprint density at radius 1 is 1.09 bits per heavy atom. The van der Waals surface area contributed by atoms with Crippen molar-refractivity contribution in [1.82, 2.24) is 0 Å². The topological polar surface area (TPSA) is 46.5 Å². The number of hydrogen-bond acceptors (Lipinski definition) is 2. The summed E-state index contributed by atoms with van der Waals surface area (Å²) in [6.07, 6.45) is -0.574. The number of benzene rings is 2. The first-order valence-electron chi connectivity index (χ1n) is 7.46. The molecule has 3 heteroatoms. The van der Waals surface area contributed by atoms with Crippen LogP contribution in [0.4, 0.5) is 4.79 Å². The van der Waals surface area contributed by atoms with Gasteiger partial charge in [-0.05, 0) is 34.6 Å². The van der Waals surface area contributed by atoms with E-state index in [-0.39, 0.29) is 5.41 Å². The van der Waals surface area contributed by atoms with Gasteiger partial charge < -0.3 is 9.84 Å². The molecule has 0 aromatic heterocycles. The van der Waals surface area contributed by atoms with Gasteiger partial charge in [0.15, 0.2) is 0 Å². The van der Waals surface area contributed by atoms with Gasteiger partial charge in [0, 0.05) is 5.56 Å². The van der Waals surface area contributed by atoms with Crippen LogP contribution in [0, 0.1) is 0 Å². The van der Waals surface area contributed by atoms with E-state index in [9.17, 15) is 4.79 Å². The van der Waals surface area contributed by atoms with E-state index < -0.39 is 6.16 Å². The smallest absolute Gasteiger partial charge is 0.449 e. The van der Waals surface area contributed by atoms with E-state index in [0.29, 0.717) is 12.2 Å². The van der Waals surface area contributed by atoms with Crippen LogP contribution in [-0.4, -0.2) is 11.3 Å². The second kappa shape index (κ2) is 6.22. The molecule has 0 spiro atoms. The summed E-state index contributed by atoms with van der Waals surface area (Å²) in [6, 6.07) is 13.9. The molecule has 0 aliphatic carbocycles. The first-order valence-corrected chi connectivity index (χ1v) is 7.46. The van der Waals surface area contributed by atoms with E-state index in [2.05, 4.69) is 45.0 Å². The molecule has 0 amide bonds. The molecule has 2 aromatic carbocycles. The van der Waals surface area contributed by atoms with Crippen LogP contribution in [0.15, 0.2) is 42.5 Å². The first kappa shape index (κ1) is 16.1. The van der Waals surface area contributed by atoms with Crippen molar-refractivity contribution in [2.75, 3.05) is 0 Å². The van der Waals surface area contributed by atoms with Gasteiger partial charge in [-0.15, -0.1) is 0 Å². The van der Waals surface area contributed by atoms with E-state index in [0.717, 1.165) is 16.7 Å². The largest absolute Gasteiger partial charge is 0.511 e. The molecule has 0 saturated carbocycles. The van der Waals surface area contributed by atoms with E-state index in [1.165, 1.54) is 5.56 Å². The molecule has 0 fully saturated rings. The number of hydrogen-bond donors (Lipinski definition) is 1. The second-order valence-electron chi connectivity index (χ2n) is 6.33. The normalized spacial score (nSPS) is 11.3. The van der Waals surface area contributed by atoms with Gasteiger partial charge in [-0.2, -0.15) is 0 Å². The molecule has 0 atom stereocenters. The first-order chi connectivity index (χ1) is 10.3. The third kappa shape index (κ3) is 3.48. The van der Waals surface area contributed by atoms with E-state index >= 15 is 0 Å². The van der Waals surface area contributed by atoms with Gasteiger partial charge in [-0.25, -0.2) is 4.79 Å². The maximum Gasteiger partial charge on any atom is 0.511 e. The number of carboxylic acid groups (broad SMARTS) is 1. The lowest BCUT2D eigenvalue weighted by atomic mass is 9.86. The molecule has 0 unspecified atom stereocenters. The number of ether oxygens (including phenoxy) is 1. The molecule has 2 rings (SSSR count). The van der Waals surface area contributed by atoms with Crippen LogP contribution in [0.1, 0.15) is 38.8 Å². The Balaban J connectivity index is 2.46. The predicted octanol–water partition coefficient (Wildman–Crippen LogP) is 5.27. The summed E-state index contributed by atoms with van der Waals surface area (Å²) in [5.41, 5.74) is 4.38. The monoisotopic (exact) mass is 298 g/mol. The van der Waals surface area contributed by atoms with Crippen molar-refractivity contribution in [3.8, 4) is 16.9 Å². The maximum atomic E-state index is 10.8. The Morgan fingerprint density at radius 2 is 1.73 bits per heavy atom. The average molecular weight is 298 g/mol. The van der Waals surface area contributed by atoms with Crippen LogP contribution in [0.2, 0.25) is 0 Å².